The van der Waals surface area contributed by atoms with E-state index >= 15 is 0 Å². The molecule has 0 saturated carbocycles. The first-order valence-corrected chi connectivity index (χ1v) is 4.55. The van der Waals surface area contributed by atoms with Gasteiger partial charge in [-0.3, -0.25) is 4.40 Å². The minimum Gasteiger partial charge on any atom is -0.355 e. The molecule has 0 aliphatic carbocycles. The zero-order chi connectivity index (χ0) is 10.7. The lowest BCUT2D eigenvalue weighted by atomic mass is 10.4. The molecular weight excluding hydrogens is 192 g/mol. The van der Waals surface area contributed by atoms with Gasteiger partial charge in [-0.15, -0.1) is 10.2 Å². The average Bonchev–Trinajstić information content (AvgIpc) is 2.73. The maximum Gasteiger partial charge on any atom is 0.203 e. The molecule has 0 unspecified atom stereocenters. The molecule has 0 aliphatic rings. The van der Waals surface area contributed by atoms with Crippen LogP contribution in [0.4, 0.5) is 5.82 Å². The number of anilines is 1. The number of aromatic nitrogens is 4. The lowest BCUT2D eigenvalue weighted by molar-refractivity contribution is 0.880. The van der Waals surface area contributed by atoms with Crippen LogP contribution in [0.5, 0.6) is 0 Å². The summed E-state index contributed by atoms with van der Waals surface area (Å²) in [5.41, 5.74) is 0.706. The van der Waals surface area contributed by atoms with Gasteiger partial charge in [-0.05, 0) is 0 Å². The van der Waals surface area contributed by atoms with E-state index in [2.05, 4.69) is 21.3 Å². The molecule has 0 aliphatic heterocycles. The summed E-state index contributed by atoms with van der Waals surface area (Å²) in [4.78, 5) is 6.12. The Morgan fingerprint density at radius 3 is 3.27 bits per heavy atom. The predicted molar refractivity (Wildman–Crippen MR) is 54.3 cm³/mol. The van der Waals surface area contributed by atoms with Crippen LogP contribution in [-0.2, 0) is 0 Å². The number of hydrogen-bond donors (Lipinski definition) is 0. The summed E-state index contributed by atoms with van der Waals surface area (Å²) < 4.78 is 1.80. The van der Waals surface area contributed by atoms with Gasteiger partial charge in [0.2, 0.25) is 5.65 Å². The molecule has 0 saturated heterocycles. The van der Waals surface area contributed by atoms with E-state index in [4.69, 9.17) is 5.26 Å². The van der Waals surface area contributed by atoms with Crippen molar-refractivity contribution in [2.75, 3.05) is 18.5 Å². The first-order chi connectivity index (χ1) is 7.33. The molecule has 2 heterocycles. The predicted octanol–water partition coefficient (Wildman–Crippen LogP) is 0.474. The first-order valence-electron chi connectivity index (χ1n) is 4.55. The summed E-state index contributed by atoms with van der Waals surface area (Å²) in [6, 6.07) is 2.10. The van der Waals surface area contributed by atoms with Gasteiger partial charge in [0.25, 0.3) is 0 Å². The fraction of sp³-hybridized carbons (Fsp3) is 0.333. The molecule has 2 rings (SSSR count). The van der Waals surface area contributed by atoms with Gasteiger partial charge in [-0.25, -0.2) is 4.98 Å². The summed E-state index contributed by atoms with van der Waals surface area (Å²) >= 11 is 0. The Balaban J connectivity index is 2.34. The van der Waals surface area contributed by atoms with Crippen LogP contribution >= 0.6 is 0 Å². The third-order valence-electron chi connectivity index (χ3n) is 2.12. The van der Waals surface area contributed by atoms with E-state index in [1.54, 1.807) is 23.1 Å². The topological polar surface area (TPSA) is 70.1 Å². The summed E-state index contributed by atoms with van der Waals surface area (Å²) in [7, 11) is 1.88. The van der Waals surface area contributed by atoms with E-state index in [9.17, 15) is 0 Å². The number of nitriles is 1. The second-order valence-corrected chi connectivity index (χ2v) is 3.14. The van der Waals surface area contributed by atoms with Crippen LogP contribution in [-0.4, -0.2) is 33.2 Å². The average molecular weight is 202 g/mol. The van der Waals surface area contributed by atoms with Crippen molar-refractivity contribution in [3.05, 3.63) is 18.7 Å². The molecule has 0 N–H and O–H groups in total. The molecule has 6 nitrogen and oxygen atoms in total. The van der Waals surface area contributed by atoms with Crippen LogP contribution < -0.4 is 4.90 Å². The van der Waals surface area contributed by atoms with Gasteiger partial charge >= 0.3 is 0 Å². The van der Waals surface area contributed by atoms with E-state index in [0.717, 1.165) is 5.82 Å². The van der Waals surface area contributed by atoms with Crippen LogP contribution in [0.1, 0.15) is 6.42 Å². The second kappa shape index (κ2) is 3.92. The summed E-state index contributed by atoms with van der Waals surface area (Å²) in [5, 5.41) is 16.3. The Bertz CT molecular complexity index is 497. The fourth-order valence-electron chi connectivity index (χ4n) is 1.34. The van der Waals surface area contributed by atoms with Gasteiger partial charge in [0.1, 0.15) is 6.33 Å². The van der Waals surface area contributed by atoms with Crippen molar-refractivity contribution in [1.82, 2.24) is 19.6 Å². The molecule has 0 atom stereocenters. The molecule has 0 radical (unpaired) electrons. The van der Waals surface area contributed by atoms with Gasteiger partial charge in [0.05, 0.1) is 12.5 Å². The third kappa shape index (κ3) is 1.72. The van der Waals surface area contributed by atoms with E-state index in [1.807, 2.05) is 11.9 Å². The summed E-state index contributed by atoms with van der Waals surface area (Å²) in [6.07, 6.45) is 5.57. The molecule has 0 bridgehead atoms. The van der Waals surface area contributed by atoms with E-state index in [1.165, 1.54) is 0 Å². The van der Waals surface area contributed by atoms with Crippen molar-refractivity contribution in [1.29, 1.82) is 5.26 Å². The zero-order valence-corrected chi connectivity index (χ0v) is 8.33. The second-order valence-electron chi connectivity index (χ2n) is 3.14. The van der Waals surface area contributed by atoms with Crippen LogP contribution in [0.2, 0.25) is 0 Å². The molecule has 6 heteroatoms. The van der Waals surface area contributed by atoms with E-state index < -0.39 is 0 Å². The smallest absolute Gasteiger partial charge is 0.203 e. The standard InChI is InChI=1S/C9H10N6/c1-14(5-2-3-10)8-9-13-12-7-15(9)6-4-11-8/h4,6-7H,2,5H2,1H3. The lowest BCUT2D eigenvalue weighted by Gasteiger charge is -2.15. The lowest BCUT2D eigenvalue weighted by Crippen LogP contribution is -2.20. The van der Waals surface area contributed by atoms with Gasteiger partial charge in [0.15, 0.2) is 5.82 Å². The SMILES string of the molecule is CN(CCC#N)c1nccn2cnnc12. The van der Waals surface area contributed by atoms with Crippen molar-refractivity contribution in [3.8, 4) is 6.07 Å². The van der Waals surface area contributed by atoms with Gasteiger partial charge in [-0.2, -0.15) is 5.26 Å². The van der Waals surface area contributed by atoms with Gasteiger partial charge < -0.3 is 4.90 Å². The minimum atomic E-state index is 0.466. The summed E-state index contributed by atoms with van der Waals surface area (Å²) in [6.45, 7) is 0.635. The van der Waals surface area contributed by atoms with Crippen LogP contribution in [0.15, 0.2) is 18.7 Å². The highest BCUT2D eigenvalue weighted by atomic mass is 15.3. The molecule has 0 aromatic carbocycles. The van der Waals surface area contributed by atoms with E-state index in [0.29, 0.717) is 18.6 Å². The van der Waals surface area contributed by atoms with Crippen molar-refractivity contribution in [2.24, 2.45) is 0 Å². The summed E-state index contributed by atoms with van der Waals surface area (Å²) in [5.74, 6) is 0.741. The Hall–Kier alpha value is -2.16. The Kier molecular flexibility index (Phi) is 2.46. The fourth-order valence-corrected chi connectivity index (χ4v) is 1.34. The monoisotopic (exact) mass is 202 g/mol. The first kappa shape index (κ1) is 9.40. The Morgan fingerprint density at radius 2 is 2.47 bits per heavy atom. The largest absolute Gasteiger partial charge is 0.355 e. The molecule has 76 valence electrons. The molecular formula is C9H10N6. The number of hydrogen-bond acceptors (Lipinski definition) is 5. The quantitative estimate of drug-likeness (QED) is 0.723. The van der Waals surface area contributed by atoms with Crippen molar-refractivity contribution in [2.45, 2.75) is 6.42 Å². The maximum atomic E-state index is 8.51. The molecule has 0 fully saturated rings. The third-order valence-corrected chi connectivity index (χ3v) is 2.12. The minimum absolute atomic E-state index is 0.466. The Labute approximate surface area is 86.8 Å². The van der Waals surface area contributed by atoms with Crippen LogP contribution in [0.25, 0.3) is 5.65 Å². The highest BCUT2D eigenvalue weighted by Gasteiger charge is 2.08. The van der Waals surface area contributed by atoms with Crippen LogP contribution in [0.3, 0.4) is 0 Å². The van der Waals surface area contributed by atoms with E-state index in [-0.39, 0.29) is 0 Å². The van der Waals surface area contributed by atoms with Crippen molar-refractivity contribution >= 4 is 11.5 Å². The number of fused-ring (bicyclic) bond motifs is 1. The molecule has 0 spiro atoms. The molecule has 0 amide bonds. The van der Waals surface area contributed by atoms with Crippen molar-refractivity contribution in [3.63, 3.8) is 0 Å². The maximum absolute atomic E-state index is 8.51. The van der Waals surface area contributed by atoms with Gasteiger partial charge in [-0.1, -0.05) is 0 Å². The molecule has 2 aromatic heterocycles. The number of rotatable bonds is 3. The van der Waals surface area contributed by atoms with Crippen molar-refractivity contribution < 1.29 is 0 Å². The van der Waals surface area contributed by atoms with Crippen LogP contribution in [0, 0.1) is 11.3 Å². The number of nitrogens with zero attached hydrogens (tertiary/aromatic N) is 6. The van der Waals surface area contributed by atoms with Gasteiger partial charge in [0, 0.05) is 26.0 Å². The molecule has 2 aromatic rings. The molecule has 15 heavy (non-hydrogen) atoms. The highest BCUT2D eigenvalue weighted by Crippen LogP contribution is 2.14. The zero-order valence-electron chi connectivity index (χ0n) is 8.33. The highest BCUT2D eigenvalue weighted by molar-refractivity contribution is 5.62. The normalized spacial score (nSPS) is 10.1. The Morgan fingerprint density at radius 1 is 1.60 bits per heavy atom.